The van der Waals surface area contributed by atoms with Crippen LogP contribution in [0.1, 0.15) is 38.3 Å². The van der Waals surface area contributed by atoms with E-state index in [1.807, 2.05) is 6.92 Å². The maximum Gasteiger partial charge on any atom is 0.307 e. The number of aryl methyl sites for hydroxylation is 2. The van der Waals surface area contributed by atoms with E-state index in [0.717, 1.165) is 25.0 Å². The lowest BCUT2D eigenvalue weighted by Crippen LogP contribution is -2.36. The molecule has 2 unspecified atom stereocenters. The Kier molecular flexibility index (Phi) is 4.42. The van der Waals surface area contributed by atoms with Crippen LogP contribution in [0.3, 0.4) is 0 Å². The molecule has 1 saturated carbocycles. The number of carbonyl (C=O) groups is 2. The second-order valence-corrected chi connectivity index (χ2v) is 5.34. The van der Waals surface area contributed by atoms with E-state index in [9.17, 15) is 14.7 Å². The number of carbonyl (C=O) groups excluding carboxylic acids is 1. The van der Waals surface area contributed by atoms with Crippen molar-refractivity contribution in [3.8, 4) is 0 Å². The monoisotopic (exact) mass is 279 g/mol. The average molecular weight is 279 g/mol. The largest absolute Gasteiger partial charge is 0.481 e. The molecule has 1 aromatic heterocycles. The minimum absolute atomic E-state index is 0.195. The van der Waals surface area contributed by atoms with Gasteiger partial charge in [-0.25, -0.2) is 0 Å². The van der Waals surface area contributed by atoms with Crippen LogP contribution in [-0.2, 0) is 23.1 Å². The molecule has 0 aliphatic heterocycles. The third-order valence-corrected chi connectivity index (χ3v) is 3.92. The highest BCUT2D eigenvalue weighted by atomic mass is 16.4. The number of aliphatic carboxylic acids is 1. The molecule has 1 aliphatic rings. The summed E-state index contributed by atoms with van der Waals surface area (Å²) in [5, 5.41) is 16.4. The van der Waals surface area contributed by atoms with Crippen LogP contribution < -0.4 is 5.32 Å². The van der Waals surface area contributed by atoms with Gasteiger partial charge in [0.15, 0.2) is 0 Å². The van der Waals surface area contributed by atoms with Gasteiger partial charge in [0.2, 0.25) is 5.91 Å². The summed E-state index contributed by atoms with van der Waals surface area (Å²) in [4.78, 5) is 23.6. The molecule has 6 nitrogen and oxygen atoms in total. The lowest BCUT2D eigenvalue weighted by atomic mass is 9.78. The number of hydrogen-bond donors (Lipinski definition) is 2. The van der Waals surface area contributed by atoms with Crippen molar-refractivity contribution >= 4 is 17.6 Å². The predicted octanol–water partition coefficient (Wildman–Crippen LogP) is 1.81. The molecule has 1 aliphatic carbocycles. The Bertz CT molecular complexity index is 510. The maximum absolute atomic E-state index is 12.3. The molecular weight excluding hydrogens is 258 g/mol. The van der Waals surface area contributed by atoms with E-state index in [0.29, 0.717) is 18.5 Å². The zero-order valence-electron chi connectivity index (χ0n) is 11.9. The van der Waals surface area contributed by atoms with E-state index in [2.05, 4.69) is 10.4 Å². The van der Waals surface area contributed by atoms with Crippen molar-refractivity contribution < 1.29 is 14.7 Å². The fraction of sp³-hybridized carbons (Fsp3) is 0.643. The highest BCUT2D eigenvalue weighted by Crippen LogP contribution is 2.31. The molecule has 0 saturated heterocycles. The molecule has 0 spiro atoms. The summed E-state index contributed by atoms with van der Waals surface area (Å²) in [6.45, 7) is 1.97. The third-order valence-electron chi connectivity index (χ3n) is 3.92. The van der Waals surface area contributed by atoms with Gasteiger partial charge in [0, 0.05) is 13.2 Å². The molecule has 20 heavy (non-hydrogen) atoms. The number of nitrogens with one attached hydrogen (secondary N) is 1. The van der Waals surface area contributed by atoms with Crippen molar-refractivity contribution in [3.63, 3.8) is 0 Å². The van der Waals surface area contributed by atoms with E-state index in [1.165, 1.54) is 0 Å². The van der Waals surface area contributed by atoms with Crippen molar-refractivity contribution in [1.29, 1.82) is 0 Å². The first-order chi connectivity index (χ1) is 9.52. The second kappa shape index (κ2) is 6.07. The van der Waals surface area contributed by atoms with Gasteiger partial charge in [-0.3, -0.25) is 14.3 Å². The van der Waals surface area contributed by atoms with Gasteiger partial charge in [0.05, 0.1) is 23.2 Å². The van der Waals surface area contributed by atoms with Gasteiger partial charge in [-0.15, -0.1) is 0 Å². The smallest absolute Gasteiger partial charge is 0.307 e. The first-order valence-corrected chi connectivity index (χ1v) is 7.09. The lowest BCUT2D eigenvalue weighted by molar-refractivity contribution is -0.147. The summed E-state index contributed by atoms with van der Waals surface area (Å²) in [6, 6.07) is 0. The minimum atomic E-state index is -0.869. The second-order valence-electron chi connectivity index (χ2n) is 5.34. The highest BCUT2D eigenvalue weighted by molar-refractivity contribution is 5.95. The number of carboxylic acids is 1. The summed E-state index contributed by atoms with van der Waals surface area (Å²) < 4.78 is 1.66. The number of amides is 1. The minimum Gasteiger partial charge on any atom is -0.481 e. The number of rotatable bonds is 4. The van der Waals surface area contributed by atoms with Gasteiger partial charge >= 0.3 is 5.97 Å². The molecule has 2 N–H and O–H groups in total. The van der Waals surface area contributed by atoms with Gasteiger partial charge in [-0.2, -0.15) is 5.10 Å². The molecule has 110 valence electrons. The van der Waals surface area contributed by atoms with Gasteiger partial charge in [-0.05, 0) is 19.3 Å². The quantitative estimate of drug-likeness (QED) is 0.880. The fourth-order valence-corrected chi connectivity index (χ4v) is 2.87. The number of hydrogen-bond acceptors (Lipinski definition) is 3. The third kappa shape index (κ3) is 3.00. The molecule has 0 bridgehead atoms. The van der Waals surface area contributed by atoms with Crippen LogP contribution in [-0.4, -0.2) is 26.8 Å². The molecule has 1 heterocycles. The molecule has 1 aromatic rings. The molecule has 1 fully saturated rings. The first-order valence-electron chi connectivity index (χ1n) is 7.09. The van der Waals surface area contributed by atoms with E-state index in [1.54, 1.807) is 17.9 Å². The Balaban J connectivity index is 2.11. The van der Waals surface area contributed by atoms with Crippen LogP contribution in [0.5, 0.6) is 0 Å². The number of carboxylic acid groups (broad SMARTS) is 1. The van der Waals surface area contributed by atoms with Crippen LogP contribution in [0.25, 0.3) is 0 Å². The summed E-state index contributed by atoms with van der Waals surface area (Å²) >= 11 is 0. The zero-order chi connectivity index (χ0) is 14.7. The van der Waals surface area contributed by atoms with E-state index in [4.69, 9.17) is 0 Å². The van der Waals surface area contributed by atoms with E-state index < -0.39 is 17.8 Å². The van der Waals surface area contributed by atoms with Crippen LogP contribution in [0.2, 0.25) is 0 Å². The molecule has 1 amide bonds. The number of anilines is 1. The molecule has 2 rings (SSSR count). The van der Waals surface area contributed by atoms with Crippen LogP contribution in [0, 0.1) is 11.8 Å². The Morgan fingerprint density at radius 3 is 2.65 bits per heavy atom. The van der Waals surface area contributed by atoms with Gasteiger partial charge < -0.3 is 10.4 Å². The van der Waals surface area contributed by atoms with Gasteiger partial charge in [0.1, 0.15) is 0 Å². The van der Waals surface area contributed by atoms with Crippen molar-refractivity contribution in [3.05, 3.63) is 11.9 Å². The Hall–Kier alpha value is -1.85. The van der Waals surface area contributed by atoms with Crippen LogP contribution >= 0.6 is 0 Å². The zero-order valence-corrected chi connectivity index (χ0v) is 11.9. The number of aromatic nitrogens is 2. The fourth-order valence-electron chi connectivity index (χ4n) is 2.87. The van der Waals surface area contributed by atoms with E-state index >= 15 is 0 Å². The summed E-state index contributed by atoms with van der Waals surface area (Å²) in [5.74, 6) is -2.07. The first kappa shape index (κ1) is 14.6. The van der Waals surface area contributed by atoms with E-state index in [-0.39, 0.29) is 5.91 Å². The standard InChI is InChI=1S/C14H21N3O3/c1-3-11-12(8-17(2)16-11)15-13(18)9-6-4-5-7-10(9)14(19)20/h8-10H,3-7H2,1-2H3,(H,15,18)(H,19,20). The molecule has 2 atom stereocenters. The molecule has 6 heteroatoms. The average Bonchev–Trinajstić information content (AvgIpc) is 2.78. The SMILES string of the molecule is CCc1nn(C)cc1NC(=O)C1CCCCC1C(=O)O. The maximum atomic E-state index is 12.3. The van der Waals surface area contributed by atoms with Crippen molar-refractivity contribution in [1.82, 2.24) is 9.78 Å². The molecular formula is C14H21N3O3. The Labute approximate surface area is 118 Å². The summed E-state index contributed by atoms with van der Waals surface area (Å²) in [7, 11) is 1.80. The van der Waals surface area contributed by atoms with Gasteiger partial charge in [0.25, 0.3) is 0 Å². The molecule has 0 aromatic carbocycles. The molecule has 0 radical (unpaired) electrons. The van der Waals surface area contributed by atoms with Crippen molar-refractivity contribution in [2.75, 3.05) is 5.32 Å². The van der Waals surface area contributed by atoms with Crippen molar-refractivity contribution in [2.45, 2.75) is 39.0 Å². The van der Waals surface area contributed by atoms with Gasteiger partial charge in [-0.1, -0.05) is 19.8 Å². The highest BCUT2D eigenvalue weighted by Gasteiger charge is 2.35. The Morgan fingerprint density at radius 1 is 1.40 bits per heavy atom. The van der Waals surface area contributed by atoms with Crippen molar-refractivity contribution in [2.24, 2.45) is 18.9 Å². The van der Waals surface area contributed by atoms with Crippen LogP contribution in [0.15, 0.2) is 6.20 Å². The topological polar surface area (TPSA) is 84.2 Å². The summed E-state index contributed by atoms with van der Waals surface area (Å²) in [5.41, 5.74) is 1.51. The summed E-state index contributed by atoms with van der Waals surface area (Å²) in [6.07, 6.45) is 5.51. The normalized spacial score (nSPS) is 22.5. The lowest BCUT2D eigenvalue weighted by Gasteiger charge is -2.27. The number of nitrogens with zero attached hydrogens (tertiary/aromatic N) is 2. The van der Waals surface area contributed by atoms with Crippen LogP contribution in [0.4, 0.5) is 5.69 Å². The Morgan fingerprint density at radius 2 is 2.05 bits per heavy atom. The predicted molar refractivity (Wildman–Crippen MR) is 74.3 cm³/mol.